The minimum Gasteiger partial charge on any atom is -0.376 e. The molecule has 0 aromatic heterocycles. The van der Waals surface area contributed by atoms with E-state index in [-0.39, 0.29) is 18.6 Å². The molecule has 2 heterocycles. The van der Waals surface area contributed by atoms with Gasteiger partial charge in [0.05, 0.1) is 6.10 Å². The van der Waals surface area contributed by atoms with Gasteiger partial charge in [0.15, 0.2) is 5.96 Å². The van der Waals surface area contributed by atoms with E-state index in [0.29, 0.717) is 43.1 Å². The third kappa shape index (κ3) is 5.19. The van der Waals surface area contributed by atoms with Crippen LogP contribution in [0.1, 0.15) is 30.4 Å². The number of benzene rings is 1. The summed E-state index contributed by atoms with van der Waals surface area (Å²) in [5.41, 5.74) is 1.17. The number of halogens is 2. The number of rotatable bonds is 4. The van der Waals surface area contributed by atoms with E-state index < -0.39 is 11.6 Å². The minimum absolute atomic E-state index is 0.0156. The number of amides is 1. The maximum atomic E-state index is 14.0. The predicted molar refractivity (Wildman–Crippen MR) is 103 cm³/mol. The molecule has 0 spiro atoms. The molecule has 154 valence electrons. The maximum Gasteiger partial charge on any atom is 0.243 e. The van der Waals surface area contributed by atoms with Crippen LogP contribution in [0.4, 0.5) is 8.78 Å². The van der Waals surface area contributed by atoms with E-state index in [9.17, 15) is 13.6 Å². The van der Waals surface area contributed by atoms with Crippen molar-refractivity contribution in [2.45, 2.75) is 38.3 Å². The minimum atomic E-state index is -0.581. The van der Waals surface area contributed by atoms with Crippen molar-refractivity contribution in [1.82, 2.24) is 15.1 Å². The number of hydrogen-bond acceptors (Lipinski definition) is 3. The highest BCUT2D eigenvalue weighted by molar-refractivity contribution is 5.85. The van der Waals surface area contributed by atoms with Gasteiger partial charge in [-0.2, -0.15) is 0 Å². The van der Waals surface area contributed by atoms with Gasteiger partial charge in [-0.1, -0.05) is 0 Å². The molecule has 1 aromatic carbocycles. The predicted octanol–water partition coefficient (Wildman–Crippen LogP) is 1.93. The first kappa shape index (κ1) is 20.5. The summed E-state index contributed by atoms with van der Waals surface area (Å²) in [6, 6.07) is 2.30. The molecule has 0 bridgehead atoms. The van der Waals surface area contributed by atoms with E-state index in [2.05, 4.69) is 10.3 Å². The summed E-state index contributed by atoms with van der Waals surface area (Å²) >= 11 is 0. The topological polar surface area (TPSA) is 57.2 Å². The van der Waals surface area contributed by atoms with Gasteiger partial charge < -0.3 is 19.9 Å². The van der Waals surface area contributed by atoms with E-state index in [1.165, 1.54) is 11.0 Å². The Labute approximate surface area is 164 Å². The molecule has 1 saturated heterocycles. The van der Waals surface area contributed by atoms with Crippen molar-refractivity contribution in [3.8, 4) is 0 Å². The van der Waals surface area contributed by atoms with Crippen molar-refractivity contribution in [3.63, 3.8) is 0 Å². The van der Waals surface area contributed by atoms with Gasteiger partial charge in [0.25, 0.3) is 0 Å². The van der Waals surface area contributed by atoms with Gasteiger partial charge in [-0.25, -0.2) is 13.8 Å². The molecule has 1 N–H and O–H groups in total. The zero-order valence-corrected chi connectivity index (χ0v) is 16.5. The molecule has 0 aliphatic carbocycles. The first-order valence-electron chi connectivity index (χ1n) is 9.76. The number of nitrogens with zero attached hydrogens (tertiary/aromatic N) is 3. The molecule has 1 amide bonds. The number of fused-ring (bicyclic) bond motifs is 1. The lowest BCUT2D eigenvalue weighted by Crippen LogP contribution is -2.47. The average Bonchev–Trinajstić information content (AvgIpc) is 2.68. The largest absolute Gasteiger partial charge is 0.376 e. The van der Waals surface area contributed by atoms with Gasteiger partial charge in [-0.05, 0) is 42.9 Å². The van der Waals surface area contributed by atoms with Crippen LogP contribution in [0.25, 0.3) is 0 Å². The lowest BCUT2D eigenvalue weighted by atomic mass is 9.99. The summed E-state index contributed by atoms with van der Waals surface area (Å²) in [7, 11) is 3.37. The van der Waals surface area contributed by atoms with Crippen molar-refractivity contribution in [3.05, 3.63) is 34.9 Å². The molecule has 1 aromatic rings. The second-order valence-electron chi connectivity index (χ2n) is 7.49. The standard InChI is InChI=1S/C20H28F2N4O2/c1-25(2)19(27)12-24-20(23-11-16-5-3-4-8-28-16)26-7-6-17-14(13-26)9-15(21)10-18(17)22/h9-10,16H,3-8,11-13H2,1-2H3,(H,23,24). The van der Waals surface area contributed by atoms with Gasteiger partial charge in [0.2, 0.25) is 5.91 Å². The Balaban J connectivity index is 1.73. The third-order valence-electron chi connectivity index (χ3n) is 5.17. The maximum absolute atomic E-state index is 14.0. The average molecular weight is 394 g/mol. The van der Waals surface area contributed by atoms with Crippen LogP contribution in [0.5, 0.6) is 0 Å². The Bertz CT molecular complexity index is 733. The van der Waals surface area contributed by atoms with Crippen molar-refractivity contribution in [1.29, 1.82) is 0 Å². The summed E-state index contributed by atoms with van der Waals surface area (Å²) < 4.78 is 33.4. The fraction of sp³-hybridized carbons (Fsp3) is 0.600. The van der Waals surface area contributed by atoms with Crippen LogP contribution < -0.4 is 5.32 Å². The van der Waals surface area contributed by atoms with Gasteiger partial charge in [0.1, 0.15) is 18.2 Å². The molecule has 3 rings (SSSR count). The van der Waals surface area contributed by atoms with Gasteiger partial charge in [0, 0.05) is 46.4 Å². The summed E-state index contributed by atoms with van der Waals surface area (Å²) in [5.74, 6) is -0.621. The molecule has 0 radical (unpaired) electrons. The fourth-order valence-electron chi connectivity index (χ4n) is 3.52. The van der Waals surface area contributed by atoms with Gasteiger partial charge in [-0.3, -0.25) is 4.79 Å². The zero-order chi connectivity index (χ0) is 20.1. The quantitative estimate of drug-likeness (QED) is 0.626. The molecular formula is C20H28F2N4O2. The van der Waals surface area contributed by atoms with Crippen molar-refractivity contribution in [2.75, 3.05) is 40.3 Å². The summed E-state index contributed by atoms with van der Waals surface area (Å²) in [6.07, 6.45) is 3.76. The van der Waals surface area contributed by atoms with E-state index in [0.717, 1.165) is 31.9 Å². The van der Waals surface area contributed by atoms with Gasteiger partial charge in [-0.15, -0.1) is 0 Å². The lowest BCUT2D eigenvalue weighted by Gasteiger charge is -2.33. The van der Waals surface area contributed by atoms with Crippen LogP contribution in [0.15, 0.2) is 17.1 Å². The van der Waals surface area contributed by atoms with E-state index in [4.69, 9.17) is 4.74 Å². The van der Waals surface area contributed by atoms with E-state index in [1.807, 2.05) is 4.90 Å². The normalized spacial score (nSPS) is 19.9. The Hall–Kier alpha value is -2.22. The monoisotopic (exact) mass is 394 g/mol. The molecule has 1 fully saturated rings. The number of carbonyl (C=O) groups is 1. The Morgan fingerprint density at radius 1 is 1.36 bits per heavy atom. The molecule has 2 aliphatic heterocycles. The van der Waals surface area contributed by atoms with Crippen LogP contribution in [-0.2, 0) is 22.5 Å². The van der Waals surface area contributed by atoms with Crippen molar-refractivity contribution >= 4 is 11.9 Å². The smallest absolute Gasteiger partial charge is 0.243 e. The number of aliphatic imine (C=N–C) groups is 1. The number of nitrogens with one attached hydrogen (secondary N) is 1. The number of guanidine groups is 1. The molecule has 28 heavy (non-hydrogen) atoms. The number of ether oxygens (including phenoxy) is 1. The lowest BCUT2D eigenvalue weighted by molar-refractivity contribution is -0.127. The third-order valence-corrected chi connectivity index (χ3v) is 5.17. The van der Waals surface area contributed by atoms with Crippen molar-refractivity contribution < 1.29 is 18.3 Å². The fourth-order valence-corrected chi connectivity index (χ4v) is 3.52. The molecule has 8 heteroatoms. The van der Waals surface area contributed by atoms with Crippen LogP contribution in [0.2, 0.25) is 0 Å². The Morgan fingerprint density at radius 3 is 2.89 bits per heavy atom. The number of likely N-dealkylation sites (N-methyl/N-ethyl adjacent to an activating group) is 1. The highest BCUT2D eigenvalue weighted by atomic mass is 19.1. The van der Waals surface area contributed by atoms with Crippen LogP contribution in [0, 0.1) is 11.6 Å². The highest BCUT2D eigenvalue weighted by Gasteiger charge is 2.24. The van der Waals surface area contributed by atoms with Crippen LogP contribution >= 0.6 is 0 Å². The Kier molecular flexibility index (Phi) is 6.83. The van der Waals surface area contributed by atoms with Crippen molar-refractivity contribution in [2.24, 2.45) is 4.99 Å². The number of carbonyl (C=O) groups excluding carboxylic acids is 1. The van der Waals surface area contributed by atoms with E-state index in [1.54, 1.807) is 14.1 Å². The zero-order valence-electron chi connectivity index (χ0n) is 16.5. The molecule has 1 atom stereocenters. The molecular weight excluding hydrogens is 366 g/mol. The second-order valence-corrected chi connectivity index (χ2v) is 7.49. The van der Waals surface area contributed by atoms with Crippen LogP contribution in [0.3, 0.4) is 0 Å². The van der Waals surface area contributed by atoms with Crippen LogP contribution in [-0.4, -0.2) is 68.1 Å². The summed E-state index contributed by atoms with van der Waals surface area (Å²) in [4.78, 5) is 19.9. The second kappa shape index (κ2) is 9.32. The summed E-state index contributed by atoms with van der Waals surface area (Å²) in [5, 5.41) is 3.31. The first-order valence-corrected chi connectivity index (χ1v) is 9.76. The first-order chi connectivity index (χ1) is 13.4. The summed E-state index contributed by atoms with van der Waals surface area (Å²) in [6.45, 7) is 2.26. The molecule has 0 saturated carbocycles. The van der Waals surface area contributed by atoms with Gasteiger partial charge >= 0.3 is 0 Å². The molecule has 2 aliphatic rings. The number of hydrogen-bond donors (Lipinski definition) is 1. The highest BCUT2D eigenvalue weighted by Crippen LogP contribution is 2.23. The Morgan fingerprint density at radius 2 is 2.18 bits per heavy atom. The molecule has 1 unspecified atom stereocenters. The molecule has 6 nitrogen and oxygen atoms in total. The van der Waals surface area contributed by atoms with E-state index >= 15 is 0 Å². The SMILES string of the molecule is CN(C)C(=O)CN=C(NCC1CCCCO1)N1CCc2c(F)cc(F)cc2C1.